The van der Waals surface area contributed by atoms with Gasteiger partial charge in [0.2, 0.25) is 5.91 Å². The summed E-state index contributed by atoms with van der Waals surface area (Å²) >= 11 is 0. The summed E-state index contributed by atoms with van der Waals surface area (Å²) in [6, 6.07) is 14.3. The maximum Gasteiger partial charge on any atom is 0.255 e. The van der Waals surface area contributed by atoms with Gasteiger partial charge in [-0.25, -0.2) is 8.42 Å². The Morgan fingerprint density at radius 3 is 2.50 bits per heavy atom. The van der Waals surface area contributed by atoms with E-state index in [-0.39, 0.29) is 5.91 Å². The number of aryl methyl sites for hydroxylation is 1. The molecule has 0 unspecified atom stereocenters. The lowest BCUT2D eigenvalue weighted by molar-refractivity contribution is -0.115. The summed E-state index contributed by atoms with van der Waals surface area (Å²) < 4.78 is 27.0. The molecule has 5 nitrogen and oxygen atoms in total. The molecule has 0 aliphatic heterocycles. The number of hydrogen-bond donors (Lipinski definition) is 2. The minimum absolute atomic E-state index is 0.128. The van der Waals surface area contributed by atoms with Gasteiger partial charge in [-0.2, -0.15) is 0 Å². The SMILES string of the molecule is CCC(=O)Nc1ccc(C)c(NS(=O)(=O)/C=C\c2ccccc2)c1. The predicted octanol–water partition coefficient (Wildman–Crippen LogP) is 3.76. The van der Waals surface area contributed by atoms with Crippen molar-refractivity contribution in [2.24, 2.45) is 0 Å². The molecule has 0 fully saturated rings. The number of anilines is 2. The van der Waals surface area contributed by atoms with Gasteiger partial charge in [-0.15, -0.1) is 0 Å². The fourth-order valence-electron chi connectivity index (χ4n) is 1.98. The van der Waals surface area contributed by atoms with Gasteiger partial charge in [-0.05, 0) is 36.3 Å². The molecule has 2 aromatic carbocycles. The zero-order valence-corrected chi connectivity index (χ0v) is 14.4. The van der Waals surface area contributed by atoms with Gasteiger partial charge in [0, 0.05) is 12.1 Å². The van der Waals surface area contributed by atoms with Crippen LogP contribution in [0.4, 0.5) is 11.4 Å². The number of rotatable bonds is 6. The van der Waals surface area contributed by atoms with Crippen LogP contribution < -0.4 is 10.0 Å². The normalized spacial score (nSPS) is 11.4. The van der Waals surface area contributed by atoms with Crippen molar-refractivity contribution in [3.05, 3.63) is 65.1 Å². The van der Waals surface area contributed by atoms with E-state index in [4.69, 9.17) is 0 Å². The third-order valence-corrected chi connectivity index (χ3v) is 4.33. The molecule has 0 radical (unpaired) electrons. The maximum absolute atomic E-state index is 12.2. The summed E-state index contributed by atoms with van der Waals surface area (Å²) in [5.41, 5.74) is 2.54. The minimum Gasteiger partial charge on any atom is -0.326 e. The van der Waals surface area contributed by atoms with Crippen molar-refractivity contribution >= 4 is 33.4 Å². The van der Waals surface area contributed by atoms with Crippen molar-refractivity contribution in [1.29, 1.82) is 0 Å². The van der Waals surface area contributed by atoms with E-state index in [0.717, 1.165) is 16.5 Å². The molecule has 0 aliphatic rings. The molecule has 0 atom stereocenters. The number of amides is 1. The molecule has 0 spiro atoms. The van der Waals surface area contributed by atoms with Crippen molar-refractivity contribution in [2.75, 3.05) is 10.0 Å². The Morgan fingerprint density at radius 1 is 1.12 bits per heavy atom. The smallest absolute Gasteiger partial charge is 0.255 e. The van der Waals surface area contributed by atoms with Crippen LogP contribution in [0.1, 0.15) is 24.5 Å². The quantitative estimate of drug-likeness (QED) is 0.838. The van der Waals surface area contributed by atoms with Crippen LogP contribution in [0, 0.1) is 6.92 Å². The highest BCUT2D eigenvalue weighted by Gasteiger charge is 2.09. The van der Waals surface area contributed by atoms with Crippen LogP contribution in [0.3, 0.4) is 0 Å². The Labute approximate surface area is 142 Å². The number of carbonyl (C=O) groups is 1. The van der Waals surface area contributed by atoms with Crippen LogP contribution in [0.5, 0.6) is 0 Å². The van der Waals surface area contributed by atoms with E-state index >= 15 is 0 Å². The maximum atomic E-state index is 12.2. The van der Waals surface area contributed by atoms with E-state index in [1.807, 2.05) is 30.3 Å². The van der Waals surface area contributed by atoms with Crippen LogP contribution in [0.25, 0.3) is 6.08 Å². The van der Waals surface area contributed by atoms with Gasteiger partial charge >= 0.3 is 0 Å². The lowest BCUT2D eigenvalue weighted by atomic mass is 10.2. The summed E-state index contributed by atoms with van der Waals surface area (Å²) in [4.78, 5) is 11.5. The van der Waals surface area contributed by atoms with Crippen molar-refractivity contribution in [1.82, 2.24) is 0 Å². The molecule has 0 saturated heterocycles. The van der Waals surface area contributed by atoms with Crippen molar-refractivity contribution < 1.29 is 13.2 Å². The lowest BCUT2D eigenvalue weighted by Gasteiger charge is -2.11. The van der Waals surface area contributed by atoms with Gasteiger partial charge in [-0.3, -0.25) is 9.52 Å². The Balaban J connectivity index is 2.18. The number of carbonyl (C=O) groups excluding carboxylic acids is 1. The summed E-state index contributed by atoms with van der Waals surface area (Å²) in [6.45, 7) is 3.55. The first kappa shape index (κ1) is 17.7. The molecule has 2 N–H and O–H groups in total. The zero-order chi connectivity index (χ0) is 17.6. The lowest BCUT2D eigenvalue weighted by Crippen LogP contribution is -2.12. The molecule has 0 bridgehead atoms. The fourth-order valence-corrected chi connectivity index (χ4v) is 2.91. The fraction of sp³-hybridized carbons (Fsp3) is 0.167. The second kappa shape index (κ2) is 7.79. The monoisotopic (exact) mass is 344 g/mol. The highest BCUT2D eigenvalue weighted by Crippen LogP contribution is 2.22. The van der Waals surface area contributed by atoms with E-state index in [2.05, 4.69) is 10.0 Å². The molecule has 1 amide bonds. The molecular formula is C18H20N2O3S. The number of hydrogen-bond acceptors (Lipinski definition) is 3. The first-order valence-electron chi connectivity index (χ1n) is 7.56. The van der Waals surface area contributed by atoms with Crippen LogP contribution in [-0.2, 0) is 14.8 Å². The van der Waals surface area contributed by atoms with E-state index in [1.54, 1.807) is 32.0 Å². The summed E-state index contributed by atoms with van der Waals surface area (Å²) in [5, 5.41) is 3.84. The summed E-state index contributed by atoms with van der Waals surface area (Å²) in [6.07, 6.45) is 1.88. The first-order valence-corrected chi connectivity index (χ1v) is 9.10. The van der Waals surface area contributed by atoms with Crippen molar-refractivity contribution in [3.8, 4) is 0 Å². The molecule has 0 aliphatic carbocycles. The third kappa shape index (κ3) is 5.24. The molecule has 24 heavy (non-hydrogen) atoms. The Hall–Kier alpha value is -2.60. The Kier molecular flexibility index (Phi) is 5.76. The Bertz CT molecular complexity index is 844. The molecule has 2 rings (SSSR count). The van der Waals surface area contributed by atoms with Gasteiger partial charge in [0.25, 0.3) is 10.0 Å². The average molecular weight is 344 g/mol. The molecule has 6 heteroatoms. The molecule has 126 valence electrons. The highest BCUT2D eigenvalue weighted by molar-refractivity contribution is 7.95. The number of benzene rings is 2. The molecule has 2 aromatic rings. The molecule has 0 heterocycles. The first-order chi connectivity index (χ1) is 11.4. The average Bonchev–Trinajstić information content (AvgIpc) is 2.57. The van der Waals surface area contributed by atoms with Crippen LogP contribution in [0.15, 0.2) is 53.9 Å². The zero-order valence-electron chi connectivity index (χ0n) is 13.6. The third-order valence-electron chi connectivity index (χ3n) is 3.33. The molecule has 0 aromatic heterocycles. The van der Waals surface area contributed by atoms with E-state index in [9.17, 15) is 13.2 Å². The van der Waals surface area contributed by atoms with E-state index in [1.165, 1.54) is 6.08 Å². The predicted molar refractivity (Wildman–Crippen MR) is 98.1 cm³/mol. The second-order valence-corrected chi connectivity index (χ2v) is 6.86. The van der Waals surface area contributed by atoms with E-state index < -0.39 is 10.0 Å². The highest BCUT2D eigenvalue weighted by atomic mass is 32.2. The van der Waals surface area contributed by atoms with Gasteiger partial charge in [-0.1, -0.05) is 43.3 Å². The molecule has 0 saturated carbocycles. The summed E-state index contributed by atoms with van der Waals surface area (Å²) in [7, 11) is -3.65. The minimum atomic E-state index is -3.65. The summed E-state index contributed by atoms with van der Waals surface area (Å²) in [5.74, 6) is -0.128. The van der Waals surface area contributed by atoms with Crippen LogP contribution in [0.2, 0.25) is 0 Å². The standard InChI is InChI=1S/C18H20N2O3S/c1-3-18(21)19-16-10-9-14(2)17(13-16)20-24(22,23)12-11-15-7-5-4-6-8-15/h4-13,20H,3H2,1-2H3,(H,19,21)/b12-11-. The topological polar surface area (TPSA) is 75.3 Å². The van der Waals surface area contributed by atoms with E-state index in [0.29, 0.717) is 17.8 Å². The number of nitrogens with one attached hydrogen (secondary N) is 2. The molecular weight excluding hydrogens is 324 g/mol. The van der Waals surface area contributed by atoms with Gasteiger partial charge in [0.15, 0.2) is 0 Å². The largest absolute Gasteiger partial charge is 0.326 e. The number of sulfonamides is 1. The van der Waals surface area contributed by atoms with Crippen LogP contribution in [-0.4, -0.2) is 14.3 Å². The van der Waals surface area contributed by atoms with Gasteiger partial charge in [0.05, 0.1) is 11.1 Å². The van der Waals surface area contributed by atoms with Crippen molar-refractivity contribution in [2.45, 2.75) is 20.3 Å². The van der Waals surface area contributed by atoms with Gasteiger partial charge < -0.3 is 5.32 Å². The van der Waals surface area contributed by atoms with Gasteiger partial charge in [0.1, 0.15) is 0 Å². The van der Waals surface area contributed by atoms with Crippen molar-refractivity contribution in [3.63, 3.8) is 0 Å². The Morgan fingerprint density at radius 2 is 1.83 bits per heavy atom. The second-order valence-electron chi connectivity index (χ2n) is 5.29. The van der Waals surface area contributed by atoms with Crippen LogP contribution >= 0.6 is 0 Å².